The summed E-state index contributed by atoms with van der Waals surface area (Å²) in [6, 6.07) is 27.0. The Morgan fingerprint density at radius 3 is 1.94 bits per heavy atom. The lowest BCUT2D eigenvalue weighted by Gasteiger charge is -2.21. The Labute approximate surface area is 195 Å². The molecule has 5 nitrogen and oxygen atoms in total. The van der Waals surface area contributed by atoms with Gasteiger partial charge < -0.3 is 10.6 Å². The van der Waals surface area contributed by atoms with Gasteiger partial charge in [-0.05, 0) is 44.3 Å². The van der Waals surface area contributed by atoms with Gasteiger partial charge in [0.15, 0.2) is 0 Å². The first kappa shape index (κ1) is 24.0. The first-order valence-electron chi connectivity index (χ1n) is 11.1. The predicted octanol–water partition coefficient (Wildman–Crippen LogP) is 4.79. The van der Waals surface area contributed by atoms with Crippen molar-refractivity contribution in [2.24, 2.45) is 5.73 Å². The molecule has 0 spiro atoms. The summed E-state index contributed by atoms with van der Waals surface area (Å²) < 4.78 is 1.59. The molecule has 1 aromatic heterocycles. The van der Waals surface area contributed by atoms with Crippen LogP contribution in [0.15, 0.2) is 89.7 Å². The van der Waals surface area contributed by atoms with Crippen molar-refractivity contribution in [1.29, 1.82) is 0 Å². The molecule has 4 rings (SSSR count). The summed E-state index contributed by atoms with van der Waals surface area (Å²) in [6.07, 6.45) is 2.45. The third kappa shape index (κ3) is 5.76. The molecule has 0 bridgehead atoms. The lowest BCUT2D eigenvalue weighted by atomic mass is 10.0. The van der Waals surface area contributed by atoms with Crippen LogP contribution in [0.5, 0.6) is 0 Å². The first-order valence-corrected chi connectivity index (χ1v) is 11.1. The zero-order valence-corrected chi connectivity index (χ0v) is 19.5. The van der Waals surface area contributed by atoms with E-state index in [1.165, 1.54) is 18.4 Å². The summed E-state index contributed by atoms with van der Waals surface area (Å²) in [5.41, 5.74) is 8.68. The third-order valence-corrected chi connectivity index (χ3v) is 5.30. The molecule has 2 N–H and O–H groups in total. The molecule has 0 aliphatic rings. The fourth-order valence-corrected chi connectivity index (χ4v) is 3.91. The zero-order valence-electron chi connectivity index (χ0n) is 19.5. The summed E-state index contributed by atoms with van der Waals surface area (Å²) in [6.45, 7) is 2.63. The smallest absolute Gasteiger partial charge is 0.263 e. The second-order valence-electron chi connectivity index (χ2n) is 8.18. The van der Waals surface area contributed by atoms with Gasteiger partial charge in [-0.2, -0.15) is 0 Å². The van der Waals surface area contributed by atoms with E-state index in [0.717, 1.165) is 0 Å². The van der Waals surface area contributed by atoms with Crippen LogP contribution in [0.25, 0.3) is 16.5 Å². The van der Waals surface area contributed by atoms with Crippen LogP contribution in [0.2, 0.25) is 0 Å². The molecular formula is C28H31N3O2. The topological polar surface area (TPSA) is 68.3 Å². The predicted molar refractivity (Wildman–Crippen MR) is 136 cm³/mol. The Hall–Kier alpha value is -3.70. The highest BCUT2D eigenvalue weighted by Crippen LogP contribution is 2.23. The van der Waals surface area contributed by atoms with Crippen molar-refractivity contribution in [3.8, 4) is 5.69 Å². The van der Waals surface area contributed by atoms with Gasteiger partial charge in [-0.15, -0.1) is 0 Å². The van der Waals surface area contributed by atoms with Crippen LogP contribution >= 0.6 is 0 Å². The molecule has 170 valence electrons. The van der Waals surface area contributed by atoms with E-state index in [1.54, 1.807) is 28.8 Å². The maximum Gasteiger partial charge on any atom is 0.263 e. The minimum atomic E-state index is -0.535. The number of amides is 1. The van der Waals surface area contributed by atoms with Crippen molar-refractivity contribution in [3.05, 3.63) is 112 Å². The van der Waals surface area contributed by atoms with Gasteiger partial charge in [0.05, 0.1) is 11.3 Å². The molecule has 0 aliphatic heterocycles. The van der Waals surface area contributed by atoms with Gasteiger partial charge in [-0.3, -0.25) is 14.2 Å². The molecule has 0 saturated carbocycles. The molecule has 0 radical (unpaired) electrons. The molecule has 5 heteroatoms. The highest BCUT2D eigenvalue weighted by molar-refractivity contribution is 6.07. The Bertz CT molecular complexity index is 1260. The number of pyridine rings is 1. The summed E-state index contributed by atoms with van der Waals surface area (Å²) in [5.74, 6) is -0.535. The van der Waals surface area contributed by atoms with Gasteiger partial charge in [0.1, 0.15) is 0 Å². The number of rotatable bonds is 6. The quantitative estimate of drug-likeness (QED) is 0.468. The highest BCUT2D eigenvalue weighted by Gasteiger charge is 2.21. The van der Waals surface area contributed by atoms with E-state index in [0.29, 0.717) is 34.3 Å². The number of primary amides is 1. The van der Waals surface area contributed by atoms with E-state index in [1.807, 2.05) is 49.3 Å². The average Bonchev–Trinajstić information content (AvgIpc) is 2.81. The number of aryl methyl sites for hydroxylation is 1. The van der Waals surface area contributed by atoms with E-state index < -0.39 is 5.91 Å². The molecule has 3 aromatic carbocycles. The van der Waals surface area contributed by atoms with Gasteiger partial charge in [0.2, 0.25) is 0 Å². The second-order valence-corrected chi connectivity index (χ2v) is 8.18. The lowest BCUT2D eigenvalue weighted by Crippen LogP contribution is -2.30. The zero-order chi connectivity index (χ0) is 23.8. The molecule has 1 amide bonds. The second kappa shape index (κ2) is 11.2. The summed E-state index contributed by atoms with van der Waals surface area (Å²) >= 11 is 0. The standard InChI is InChI=1S/C19H19N3O2.C9H12/c1-21(2)12-16-17(18(20)23)14-10-6-7-11-15(14)19(24)22(16)13-8-4-3-5-9-13;1-2-6-9-7-4-3-5-8-9/h3-11H,12H2,1-2H3,(H2,20,23);3-5,7-8H,2,6H2,1H3. The highest BCUT2D eigenvalue weighted by atomic mass is 16.1. The van der Waals surface area contributed by atoms with Crippen LogP contribution in [0.1, 0.15) is 35.0 Å². The van der Waals surface area contributed by atoms with Crippen molar-refractivity contribution in [2.45, 2.75) is 26.3 Å². The number of fused-ring (bicyclic) bond motifs is 1. The molecule has 0 saturated heterocycles. The third-order valence-electron chi connectivity index (χ3n) is 5.30. The molecule has 33 heavy (non-hydrogen) atoms. The van der Waals surface area contributed by atoms with Crippen LogP contribution in [0.3, 0.4) is 0 Å². The number of nitrogens with zero attached hydrogens (tertiary/aromatic N) is 2. The summed E-state index contributed by atoms with van der Waals surface area (Å²) in [4.78, 5) is 27.2. The van der Waals surface area contributed by atoms with Crippen molar-refractivity contribution in [3.63, 3.8) is 0 Å². The normalized spacial score (nSPS) is 10.7. The van der Waals surface area contributed by atoms with Crippen molar-refractivity contribution in [1.82, 2.24) is 9.47 Å². The Morgan fingerprint density at radius 2 is 1.39 bits per heavy atom. The molecular weight excluding hydrogens is 410 g/mol. The number of hydrogen-bond donors (Lipinski definition) is 1. The molecule has 0 atom stereocenters. The fraction of sp³-hybridized carbons (Fsp3) is 0.214. The summed E-state index contributed by atoms with van der Waals surface area (Å²) in [7, 11) is 3.78. The number of hydrogen-bond acceptors (Lipinski definition) is 3. The maximum absolute atomic E-state index is 13.1. The molecule has 1 heterocycles. The number of benzene rings is 3. The minimum Gasteiger partial charge on any atom is -0.366 e. The van der Waals surface area contributed by atoms with Crippen LogP contribution in [-0.2, 0) is 13.0 Å². The number of carbonyl (C=O) groups is 1. The Morgan fingerprint density at radius 1 is 0.848 bits per heavy atom. The first-order chi connectivity index (χ1) is 15.9. The van der Waals surface area contributed by atoms with Gasteiger partial charge >= 0.3 is 0 Å². The largest absolute Gasteiger partial charge is 0.366 e. The SMILES string of the molecule is CCCc1ccccc1.CN(C)Cc1c(C(N)=O)c2ccccc2c(=O)n1-c1ccccc1. The van der Waals surface area contributed by atoms with E-state index in [2.05, 4.69) is 37.3 Å². The fourth-order valence-electron chi connectivity index (χ4n) is 3.91. The summed E-state index contributed by atoms with van der Waals surface area (Å²) in [5, 5.41) is 1.08. The van der Waals surface area contributed by atoms with E-state index in [9.17, 15) is 9.59 Å². The number of nitrogens with two attached hydrogens (primary N) is 1. The lowest BCUT2D eigenvalue weighted by molar-refractivity contribution is 0.0999. The van der Waals surface area contributed by atoms with Gasteiger partial charge in [-0.1, -0.05) is 80.1 Å². The monoisotopic (exact) mass is 441 g/mol. The van der Waals surface area contributed by atoms with Crippen LogP contribution in [0.4, 0.5) is 0 Å². The molecule has 4 aromatic rings. The molecule has 0 unspecified atom stereocenters. The Kier molecular flexibility index (Phi) is 8.17. The van der Waals surface area contributed by atoms with E-state index in [-0.39, 0.29) is 5.56 Å². The van der Waals surface area contributed by atoms with Crippen LogP contribution in [-0.4, -0.2) is 29.5 Å². The average molecular weight is 442 g/mol. The van der Waals surface area contributed by atoms with Crippen LogP contribution < -0.4 is 11.3 Å². The van der Waals surface area contributed by atoms with Crippen LogP contribution in [0, 0.1) is 0 Å². The van der Waals surface area contributed by atoms with Crippen molar-refractivity contribution >= 4 is 16.7 Å². The molecule has 0 aliphatic carbocycles. The van der Waals surface area contributed by atoms with Gasteiger partial charge in [-0.25, -0.2) is 0 Å². The minimum absolute atomic E-state index is 0.154. The van der Waals surface area contributed by atoms with Crippen molar-refractivity contribution in [2.75, 3.05) is 14.1 Å². The molecule has 0 fully saturated rings. The van der Waals surface area contributed by atoms with Gasteiger partial charge in [0.25, 0.3) is 11.5 Å². The Balaban J connectivity index is 0.000000286. The van der Waals surface area contributed by atoms with E-state index in [4.69, 9.17) is 5.73 Å². The number of aromatic nitrogens is 1. The van der Waals surface area contributed by atoms with Crippen molar-refractivity contribution < 1.29 is 4.79 Å². The van der Waals surface area contributed by atoms with E-state index >= 15 is 0 Å². The van der Waals surface area contributed by atoms with Gasteiger partial charge in [0, 0.05) is 23.0 Å². The number of carbonyl (C=O) groups excluding carboxylic acids is 1. The number of para-hydroxylation sites is 1. The maximum atomic E-state index is 13.1.